The van der Waals surface area contributed by atoms with Gasteiger partial charge in [-0.2, -0.15) is 0 Å². The summed E-state index contributed by atoms with van der Waals surface area (Å²) < 4.78 is 0. The van der Waals surface area contributed by atoms with Crippen LogP contribution < -0.4 is 5.73 Å². The first-order valence-corrected chi connectivity index (χ1v) is 8.70. The zero-order valence-corrected chi connectivity index (χ0v) is 14.2. The third-order valence-electron chi connectivity index (χ3n) is 5.45. The van der Waals surface area contributed by atoms with Gasteiger partial charge in [-0.15, -0.1) is 0 Å². The maximum atomic E-state index is 6.30. The van der Waals surface area contributed by atoms with E-state index in [1.165, 1.54) is 38.8 Å². The maximum Gasteiger partial charge on any atom is 0.0409 e. The molecule has 1 atom stereocenters. The second kappa shape index (κ2) is 7.62. The Kier molecular flexibility index (Phi) is 6.09. The van der Waals surface area contributed by atoms with Gasteiger partial charge < -0.3 is 10.6 Å². The smallest absolute Gasteiger partial charge is 0.0409 e. The highest BCUT2D eigenvalue weighted by molar-refractivity contribution is 6.30. The SMILES string of the molecule is CCC1(CC)CCN(CCC(N)c2cccc(Cl)c2)CC1. The van der Waals surface area contributed by atoms with E-state index in [0.717, 1.165) is 23.6 Å². The van der Waals surface area contributed by atoms with Crippen LogP contribution in [-0.2, 0) is 0 Å². The van der Waals surface area contributed by atoms with Crippen LogP contribution in [0.4, 0.5) is 0 Å². The Morgan fingerprint density at radius 2 is 1.90 bits per heavy atom. The summed E-state index contributed by atoms with van der Waals surface area (Å²) in [5.41, 5.74) is 8.05. The van der Waals surface area contributed by atoms with E-state index in [1.807, 2.05) is 18.2 Å². The number of halogens is 1. The third-order valence-corrected chi connectivity index (χ3v) is 5.68. The normalized spacial score (nSPS) is 20.4. The molecular weight excluding hydrogens is 280 g/mol. The summed E-state index contributed by atoms with van der Waals surface area (Å²) in [6.07, 6.45) is 6.32. The maximum absolute atomic E-state index is 6.30. The quantitative estimate of drug-likeness (QED) is 0.830. The van der Waals surface area contributed by atoms with Crippen LogP contribution in [0.2, 0.25) is 5.02 Å². The van der Waals surface area contributed by atoms with Gasteiger partial charge in [0.2, 0.25) is 0 Å². The number of hydrogen-bond acceptors (Lipinski definition) is 2. The van der Waals surface area contributed by atoms with Crippen LogP contribution in [-0.4, -0.2) is 24.5 Å². The average molecular weight is 309 g/mol. The first-order chi connectivity index (χ1) is 10.1. The van der Waals surface area contributed by atoms with Gasteiger partial charge in [0.05, 0.1) is 0 Å². The minimum Gasteiger partial charge on any atom is -0.324 e. The van der Waals surface area contributed by atoms with E-state index < -0.39 is 0 Å². The van der Waals surface area contributed by atoms with Crippen molar-refractivity contribution in [2.24, 2.45) is 11.1 Å². The van der Waals surface area contributed by atoms with Gasteiger partial charge >= 0.3 is 0 Å². The molecule has 0 radical (unpaired) electrons. The van der Waals surface area contributed by atoms with Crippen molar-refractivity contribution in [1.29, 1.82) is 0 Å². The summed E-state index contributed by atoms with van der Waals surface area (Å²) in [6, 6.07) is 8.04. The van der Waals surface area contributed by atoms with E-state index in [2.05, 4.69) is 24.8 Å². The largest absolute Gasteiger partial charge is 0.324 e. The van der Waals surface area contributed by atoms with Gasteiger partial charge in [0.25, 0.3) is 0 Å². The molecule has 0 bridgehead atoms. The molecular formula is C18H29ClN2. The van der Waals surface area contributed by atoms with Crippen molar-refractivity contribution < 1.29 is 0 Å². The molecule has 2 N–H and O–H groups in total. The zero-order valence-electron chi connectivity index (χ0n) is 13.4. The second-order valence-corrected chi connectivity index (χ2v) is 6.94. The Bertz CT molecular complexity index is 433. The third kappa shape index (κ3) is 4.45. The number of likely N-dealkylation sites (tertiary alicyclic amines) is 1. The molecule has 0 aliphatic carbocycles. The Balaban J connectivity index is 1.79. The predicted octanol–water partition coefficient (Wildman–Crippen LogP) is 4.63. The van der Waals surface area contributed by atoms with Gasteiger partial charge in [-0.3, -0.25) is 0 Å². The van der Waals surface area contributed by atoms with Crippen molar-refractivity contribution in [2.45, 2.75) is 52.0 Å². The van der Waals surface area contributed by atoms with Gasteiger partial charge in [-0.25, -0.2) is 0 Å². The molecule has 2 nitrogen and oxygen atoms in total. The first-order valence-electron chi connectivity index (χ1n) is 8.32. The average Bonchev–Trinajstić information content (AvgIpc) is 2.53. The van der Waals surface area contributed by atoms with E-state index in [9.17, 15) is 0 Å². The molecule has 21 heavy (non-hydrogen) atoms. The Morgan fingerprint density at radius 3 is 2.48 bits per heavy atom. The molecule has 1 saturated heterocycles. The fourth-order valence-corrected chi connectivity index (χ4v) is 3.63. The highest BCUT2D eigenvalue weighted by atomic mass is 35.5. The number of piperidine rings is 1. The van der Waals surface area contributed by atoms with E-state index in [1.54, 1.807) is 0 Å². The molecule has 1 aliphatic rings. The van der Waals surface area contributed by atoms with Crippen LogP contribution in [0.15, 0.2) is 24.3 Å². The summed E-state index contributed by atoms with van der Waals surface area (Å²) in [5.74, 6) is 0. The molecule has 1 aromatic carbocycles. The Labute approximate surface area is 134 Å². The summed E-state index contributed by atoms with van der Waals surface area (Å²) in [4.78, 5) is 2.58. The van der Waals surface area contributed by atoms with Crippen LogP contribution in [0, 0.1) is 5.41 Å². The standard InChI is InChI=1S/C18H29ClN2/c1-3-18(4-2)9-12-21(13-10-18)11-8-17(20)15-6-5-7-16(19)14-15/h5-7,14,17H,3-4,8-13,20H2,1-2H3. The van der Waals surface area contributed by atoms with Crippen LogP contribution in [0.25, 0.3) is 0 Å². The number of rotatable bonds is 6. The van der Waals surface area contributed by atoms with Crippen LogP contribution in [0.1, 0.15) is 57.6 Å². The van der Waals surface area contributed by atoms with Gasteiger partial charge in [-0.05, 0) is 62.0 Å². The molecule has 1 unspecified atom stereocenters. The van der Waals surface area contributed by atoms with Gasteiger partial charge in [0.15, 0.2) is 0 Å². The van der Waals surface area contributed by atoms with Crippen molar-refractivity contribution in [1.82, 2.24) is 4.90 Å². The van der Waals surface area contributed by atoms with Crippen molar-refractivity contribution in [3.63, 3.8) is 0 Å². The summed E-state index contributed by atoms with van der Waals surface area (Å²) >= 11 is 6.04. The highest BCUT2D eigenvalue weighted by Gasteiger charge is 2.30. The lowest BCUT2D eigenvalue weighted by molar-refractivity contribution is 0.0934. The lowest BCUT2D eigenvalue weighted by Crippen LogP contribution is -2.40. The van der Waals surface area contributed by atoms with Crippen molar-refractivity contribution in [3.05, 3.63) is 34.9 Å². The molecule has 0 aromatic heterocycles. The topological polar surface area (TPSA) is 29.3 Å². The summed E-state index contributed by atoms with van der Waals surface area (Å²) in [6.45, 7) is 8.23. The molecule has 2 rings (SSSR count). The van der Waals surface area contributed by atoms with Gasteiger partial charge in [-0.1, -0.05) is 50.4 Å². The highest BCUT2D eigenvalue weighted by Crippen LogP contribution is 2.38. The summed E-state index contributed by atoms with van der Waals surface area (Å²) in [7, 11) is 0. The molecule has 1 aliphatic heterocycles. The lowest BCUT2D eigenvalue weighted by Gasteiger charge is -2.41. The molecule has 1 aromatic rings. The van der Waals surface area contributed by atoms with E-state index >= 15 is 0 Å². The molecule has 0 spiro atoms. The zero-order chi connectivity index (χ0) is 15.3. The van der Waals surface area contributed by atoms with Crippen LogP contribution >= 0.6 is 11.6 Å². The van der Waals surface area contributed by atoms with E-state index in [0.29, 0.717) is 5.41 Å². The predicted molar refractivity (Wildman–Crippen MR) is 91.7 cm³/mol. The molecule has 118 valence electrons. The van der Waals surface area contributed by atoms with Crippen molar-refractivity contribution >= 4 is 11.6 Å². The second-order valence-electron chi connectivity index (χ2n) is 6.50. The molecule has 3 heteroatoms. The number of benzene rings is 1. The Morgan fingerprint density at radius 1 is 1.24 bits per heavy atom. The monoisotopic (exact) mass is 308 g/mol. The lowest BCUT2D eigenvalue weighted by atomic mass is 9.74. The molecule has 0 saturated carbocycles. The minimum absolute atomic E-state index is 0.0905. The van der Waals surface area contributed by atoms with Crippen LogP contribution in [0.5, 0.6) is 0 Å². The molecule has 1 fully saturated rings. The van der Waals surface area contributed by atoms with Crippen molar-refractivity contribution in [2.75, 3.05) is 19.6 Å². The summed E-state index contributed by atoms with van der Waals surface area (Å²) in [5, 5.41) is 0.775. The number of nitrogens with two attached hydrogens (primary N) is 1. The minimum atomic E-state index is 0.0905. The van der Waals surface area contributed by atoms with Crippen molar-refractivity contribution in [3.8, 4) is 0 Å². The fraction of sp³-hybridized carbons (Fsp3) is 0.667. The van der Waals surface area contributed by atoms with Crippen LogP contribution in [0.3, 0.4) is 0 Å². The fourth-order valence-electron chi connectivity index (χ4n) is 3.43. The Hall–Kier alpha value is -0.570. The van der Waals surface area contributed by atoms with Gasteiger partial charge in [0.1, 0.15) is 0 Å². The molecule has 1 heterocycles. The number of hydrogen-bond donors (Lipinski definition) is 1. The first kappa shape index (κ1) is 16.8. The van der Waals surface area contributed by atoms with Gasteiger partial charge in [0, 0.05) is 11.1 Å². The molecule has 0 amide bonds. The van der Waals surface area contributed by atoms with E-state index in [4.69, 9.17) is 17.3 Å². The number of nitrogens with zero attached hydrogens (tertiary/aromatic N) is 1. The van der Waals surface area contributed by atoms with E-state index in [-0.39, 0.29) is 6.04 Å².